The molecule has 0 aliphatic heterocycles. The first-order valence-electron chi connectivity index (χ1n) is 5.92. The van der Waals surface area contributed by atoms with Crippen molar-refractivity contribution >= 4 is 5.69 Å². The summed E-state index contributed by atoms with van der Waals surface area (Å²) in [6.07, 6.45) is -3.84. The fraction of sp³-hybridized carbons (Fsp3) is 0.538. The smallest absolute Gasteiger partial charge is 0.110 e. The zero-order chi connectivity index (χ0) is 13.7. The number of hydrogen-bond acceptors (Lipinski definition) is 5. The Morgan fingerprint density at radius 2 is 1.72 bits per heavy atom. The normalized spacial score (nSPS) is 16.1. The third kappa shape index (κ3) is 3.96. The molecule has 0 aromatic heterocycles. The maximum atomic E-state index is 9.62. The third-order valence-corrected chi connectivity index (χ3v) is 3.00. The van der Waals surface area contributed by atoms with Crippen molar-refractivity contribution in [1.82, 2.24) is 0 Å². The Morgan fingerprint density at radius 1 is 1.06 bits per heavy atom. The Labute approximate surface area is 107 Å². The van der Waals surface area contributed by atoms with E-state index >= 15 is 0 Å². The van der Waals surface area contributed by atoms with E-state index in [4.69, 9.17) is 5.11 Å². The molecule has 5 heteroatoms. The summed E-state index contributed by atoms with van der Waals surface area (Å²) < 4.78 is 0. The van der Waals surface area contributed by atoms with Gasteiger partial charge in [-0.05, 0) is 37.1 Å². The minimum Gasteiger partial charge on any atom is -0.394 e. The van der Waals surface area contributed by atoms with E-state index in [0.29, 0.717) is 0 Å². The van der Waals surface area contributed by atoms with Gasteiger partial charge in [-0.3, -0.25) is 0 Å². The van der Waals surface area contributed by atoms with E-state index in [9.17, 15) is 15.3 Å². The molecule has 0 amide bonds. The first-order valence-corrected chi connectivity index (χ1v) is 5.92. The highest BCUT2D eigenvalue weighted by atomic mass is 16.4. The lowest BCUT2D eigenvalue weighted by Gasteiger charge is -2.22. The van der Waals surface area contributed by atoms with Gasteiger partial charge in [0, 0.05) is 12.2 Å². The predicted molar refractivity (Wildman–Crippen MR) is 69.5 cm³/mol. The molecule has 1 rings (SSSR count). The molecule has 102 valence electrons. The van der Waals surface area contributed by atoms with Crippen molar-refractivity contribution in [2.75, 3.05) is 18.5 Å². The second-order valence-corrected chi connectivity index (χ2v) is 4.49. The van der Waals surface area contributed by atoms with Crippen molar-refractivity contribution in [2.24, 2.45) is 0 Å². The maximum absolute atomic E-state index is 9.62. The van der Waals surface area contributed by atoms with Crippen LogP contribution in [-0.2, 0) is 0 Å². The van der Waals surface area contributed by atoms with Crippen molar-refractivity contribution < 1.29 is 20.4 Å². The Bertz CT molecular complexity index is 383. The minimum absolute atomic E-state index is 0.0979. The maximum Gasteiger partial charge on any atom is 0.110 e. The lowest BCUT2D eigenvalue weighted by Crippen LogP contribution is -2.42. The second-order valence-electron chi connectivity index (χ2n) is 4.49. The molecule has 0 bridgehead atoms. The van der Waals surface area contributed by atoms with Crippen LogP contribution in [0.1, 0.15) is 11.1 Å². The highest BCUT2D eigenvalue weighted by molar-refractivity contribution is 5.48. The number of nitrogens with one attached hydrogen (secondary N) is 1. The number of rotatable bonds is 6. The summed E-state index contributed by atoms with van der Waals surface area (Å²) in [6, 6.07) is 5.78. The standard InChI is InChI=1S/C13H21NO4/c1-8-3-4-10(5-9(8)2)14-6-11(16)13(18)12(17)7-15/h3-5,11-18H,6-7H2,1-2H3/t11-,12+,13+/m0/s1. The number of aliphatic hydroxyl groups is 4. The lowest BCUT2D eigenvalue weighted by atomic mass is 10.1. The summed E-state index contributed by atoms with van der Waals surface area (Å²) in [7, 11) is 0. The Kier molecular flexibility index (Phi) is 5.55. The second kappa shape index (κ2) is 6.70. The van der Waals surface area contributed by atoms with E-state index in [2.05, 4.69) is 5.32 Å². The zero-order valence-corrected chi connectivity index (χ0v) is 10.7. The van der Waals surface area contributed by atoms with Crippen LogP contribution >= 0.6 is 0 Å². The van der Waals surface area contributed by atoms with Crippen LogP contribution in [0.2, 0.25) is 0 Å². The molecule has 0 saturated carbocycles. The van der Waals surface area contributed by atoms with Gasteiger partial charge in [0.15, 0.2) is 0 Å². The van der Waals surface area contributed by atoms with Crippen molar-refractivity contribution in [3.05, 3.63) is 29.3 Å². The molecule has 18 heavy (non-hydrogen) atoms. The molecule has 1 aromatic carbocycles. The van der Waals surface area contributed by atoms with Crippen LogP contribution in [-0.4, -0.2) is 51.9 Å². The monoisotopic (exact) mass is 255 g/mol. The first-order chi connectivity index (χ1) is 8.45. The molecule has 0 aliphatic rings. The summed E-state index contributed by atoms with van der Waals surface area (Å²) >= 11 is 0. The molecule has 3 atom stereocenters. The molecule has 0 heterocycles. The molecule has 0 spiro atoms. The van der Waals surface area contributed by atoms with E-state index in [0.717, 1.165) is 11.3 Å². The van der Waals surface area contributed by atoms with Gasteiger partial charge < -0.3 is 25.7 Å². The van der Waals surface area contributed by atoms with Gasteiger partial charge in [0.1, 0.15) is 12.2 Å². The fourth-order valence-electron chi connectivity index (χ4n) is 1.56. The number of anilines is 1. The molecule has 0 aliphatic carbocycles. The number of aliphatic hydroxyl groups excluding tert-OH is 4. The van der Waals surface area contributed by atoms with Crippen LogP contribution in [0, 0.1) is 13.8 Å². The first kappa shape index (κ1) is 14.9. The summed E-state index contributed by atoms with van der Waals surface area (Å²) in [4.78, 5) is 0. The molecule has 5 nitrogen and oxygen atoms in total. The zero-order valence-electron chi connectivity index (χ0n) is 10.7. The van der Waals surface area contributed by atoms with Gasteiger partial charge in [-0.15, -0.1) is 0 Å². The van der Waals surface area contributed by atoms with E-state index in [1.807, 2.05) is 32.0 Å². The SMILES string of the molecule is Cc1ccc(NC[C@H](O)[C@@H](O)[C@H](O)CO)cc1C. The van der Waals surface area contributed by atoms with Crippen LogP contribution in [0.5, 0.6) is 0 Å². The number of aryl methyl sites for hydroxylation is 2. The Balaban J connectivity index is 2.51. The molecule has 5 N–H and O–H groups in total. The van der Waals surface area contributed by atoms with Crippen LogP contribution in [0.15, 0.2) is 18.2 Å². The van der Waals surface area contributed by atoms with Gasteiger partial charge in [-0.1, -0.05) is 6.07 Å². The van der Waals surface area contributed by atoms with Gasteiger partial charge in [0.2, 0.25) is 0 Å². The van der Waals surface area contributed by atoms with Crippen molar-refractivity contribution in [1.29, 1.82) is 0 Å². The molecule has 0 unspecified atom stereocenters. The summed E-state index contributed by atoms with van der Waals surface area (Å²) in [5.74, 6) is 0. The largest absolute Gasteiger partial charge is 0.394 e. The van der Waals surface area contributed by atoms with Crippen LogP contribution in [0.3, 0.4) is 0 Å². The van der Waals surface area contributed by atoms with Crippen LogP contribution in [0.4, 0.5) is 5.69 Å². The molecule has 0 radical (unpaired) electrons. The summed E-state index contributed by atoms with van der Waals surface area (Å²) in [6.45, 7) is 3.51. The molecule has 1 aromatic rings. The number of hydrogen-bond donors (Lipinski definition) is 5. The molecular formula is C13H21NO4. The Morgan fingerprint density at radius 3 is 2.28 bits per heavy atom. The minimum atomic E-state index is -1.37. The van der Waals surface area contributed by atoms with Gasteiger partial charge >= 0.3 is 0 Å². The van der Waals surface area contributed by atoms with Gasteiger partial charge in [-0.2, -0.15) is 0 Å². The van der Waals surface area contributed by atoms with Crippen molar-refractivity contribution in [2.45, 2.75) is 32.2 Å². The quantitative estimate of drug-likeness (QED) is 0.485. The van der Waals surface area contributed by atoms with Gasteiger partial charge in [0.25, 0.3) is 0 Å². The Hall–Kier alpha value is -1.14. The highest BCUT2D eigenvalue weighted by Gasteiger charge is 2.23. The van der Waals surface area contributed by atoms with Crippen molar-refractivity contribution in [3.8, 4) is 0 Å². The number of benzene rings is 1. The third-order valence-electron chi connectivity index (χ3n) is 3.00. The lowest BCUT2D eigenvalue weighted by molar-refractivity contribution is -0.0715. The molecule has 0 fully saturated rings. The van der Waals surface area contributed by atoms with Gasteiger partial charge in [0.05, 0.1) is 12.7 Å². The summed E-state index contributed by atoms with van der Waals surface area (Å²) in [5.41, 5.74) is 3.14. The predicted octanol–water partition coefficient (Wildman–Crippen LogP) is -0.210. The molecule has 0 saturated heterocycles. The highest BCUT2D eigenvalue weighted by Crippen LogP contribution is 2.14. The summed E-state index contributed by atoms with van der Waals surface area (Å²) in [5, 5.41) is 39.9. The van der Waals surface area contributed by atoms with E-state index in [1.54, 1.807) is 0 Å². The average molecular weight is 255 g/mol. The average Bonchev–Trinajstić information content (AvgIpc) is 2.37. The molecular weight excluding hydrogens is 234 g/mol. The van der Waals surface area contributed by atoms with Gasteiger partial charge in [-0.25, -0.2) is 0 Å². The van der Waals surface area contributed by atoms with Crippen LogP contribution in [0.25, 0.3) is 0 Å². The fourth-order valence-corrected chi connectivity index (χ4v) is 1.56. The van der Waals surface area contributed by atoms with E-state index in [1.165, 1.54) is 5.56 Å². The van der Waals surface area contributed by atoms with E-state index < -0.39 is 24.9 Å². The van der Waals surface area contributed by atoms with E-state index in [-0.39, 0.29) is 6.54 Å². The van der Waals surface area contributed by atoms with Crippen molar-refractivity contribution in [3.63, 3.8) is 0 Å². The topological polar surface area (TPSA) is 93.0 Å². The van der Waals surface area contributed by atoms with Crippen LogP contribution < -0.4 is 5.32 Å².